The van der Waals surface area contributed by atoms with Crippen molar-refractivity contribution in [1.29, 1.82) is 0 Å². The Morgan fingerprint density at radius 2 is 2.14 bits per heavy atom. The molecule has 0 aliphatic heterocycles. The Morgan fingerprint density at radius 1 is 1.33 bits per heavy atom. The van der Waals surface area contributed by atoms with Gasteiger partial charge >= 0.3 is 0 Å². The average molecular weight is 326 g/mol. The van der Waals surface area contributed by atoms with Gasteiger partial charge in [-0.25, -0.2) is 4.98 Å². The van der Waals surface area contributed by atoms with Crippen LogP contribution in [-0.2, 0) is 0 Å². The largest absolute Gasteiger partial charge is 0.382 e. The van der Waals surface area contributed by atoms with Gasteiger partial charge in [0.15, 0.2) is 5.13 Å². The molecular weight excluding hydrogens is 304 g/mol. The lowest BCUT2D eigenvalue weighted by atomic mass is 9.95. The SMILES string of the molecule is CSC1CCCC(NC(=O)c2sc(NC3CC3)nc2N)C1. The van der Waals surface area contributed by atoms with Gasteiger partial charge in [-0.05, 0) is 38.4 Å². The zero-order chi connectivity index (χ0) is 14.8. The number of nitrogens with one attached hydrogen (secondary N) is 2. The van der Waals surface area contributed by atoms with Crippen LogP contribution in [0.4, 0.5) is 10.9 Å². The van der Waals surface area contributed by atoms with Gasteiger partial charge in [0.05, 0.1) is 0 Å². The summed E-state index contributed by atoms with van der Waals surface area (Å²) >= 11 is 3.26. The van der Waals surface area contributed by atoms with E-state index in [2.05, 4.69) is 21.9 Å². The van der Waals surface area contributed by atoms with Crippen LogP contribution >= 0.6 is 23.1 Å². The highest BCUT2D eigenvalue weighted by atomic mass is 32.2. The maximum Gasteiger partial charge on any atom is 0.265 e. The van der Waals surface area contributed by atoms with Gasteiger partial charge in [0, 0.05) is 17.3 Å². The highest BCUT2D eigenvalue weighted by molar-refractivity contribution is 7.99. The summed E-state index contributed by atoms with van der Waals surface area (Å²) in [6.07, 6.45) is 9.06. The Balaban J connectivity index is 1.60. The van der Waals surface area contributed by atoms with Crippen molar-refractivity contribution < 1.29 is 4.79 Å². The number of rotatable bonds is 5. The first kappa shape index (κ1) is 15.0. The number of nitrogens with two attached hydrogens (primary N) is 1. The molecule has 2 aliphatic carbocycles. The molecule has 7 heteroatoms. The molecule has 3 rings (SSSR count). The van der Waals surface area contributed by atoms with Crippen molar-refractivity contribution in [3.05, 3.63) is 4.88 Å². The Labute approximate surface area is 133 Å². The summed E-state index contributed by atoms with van der Waals surface area (Å²) in [5.41, 5.74) is 5.89. The fourth-order valence-electron chi connectivity index (χ4n) is 2.70. The fraction of sp³-hybridized carbons (Fsp3) is 0.714. The van der Waals surface area contributed by atoms with Gasteiger partial charge in [-0.15, -0.1) is 0 Å². The van der Waals surface area contributed by atoms with E-state index in [0.717, 1.165) is 18.0 Å². The molecule has 2 fully saturated rings. The quantitative estimate of drug-likeness (QED) is 0.775. The van der Waals surface area contributed by atoms with Crippen LogP contribution in [0.1, 0.15) is 48.2 Å². The van der Waals surface area contributed by atoms with Crippen LogP contribution in [0, 0.1) is 0 Å². The third kappa shape index (κ3) is 3.83. The number of aromatic nitrogens is 1. The molecule has 2 unspecified atom stereocenters. The average Bonchev–Trinajstić information content (AvgIpc) is 3.20. The summed E-state index contributed by atoms with van der Waals surface area (Å²) in [6.45, 7) is 0. The molecule has 0 radical (unpaired) electrons. The van der Waals surface area contributed by atoms with E-state index in [9.17, 15) is 4.79 Å². The van der Waals surface area contributed by atoms with Gasteiger partial charge in [0.1, 0.15) is 10.7 Å². The normalized spacial score (nSPS) is 25.6. The van der Waals surface area contributed by atoms with Crippen LogP contribution in [0.5, 0.6) is 0 Å². The molecule has 0 bridgehead atoms. The molecule has 1 amide bonds. The molecule has 5 nitrogen and oxygen atoms in total. The first-order valence-electron chi connectivity index (χ1n) is 7.52. The summed E-state index contributed by atoms with van der Waals surface area (Å²) in [6, 6.07) is 0.789. The van der Waals surface area contributed by atoms with Crippen molar-refractivity contribution in [2.24, 2.45) is 0 Å². The van der Waals surface area contributed by atoms with E-state index in [4.69, 9.17) is 5.73 Å². The molecule has 0 saturated heterocycles. The monoisotopic (exact) mass is 326 g/mol. The number of nitrogen functional groups attached to an aromatic ring is 1. The van der Waals surface area contributed by atoms with Crippen molar-refractivity contribution in [1.82, 2.24) is 10.3 Å². The van der Waals surface area contributed by atoms with E-state index >= 15 is 0 Å². The molecular formula is C14H22N4OS2. The number of amides is 1. The topological polar surface area (TPSA) is 80.0 Å². The van der Waals surface area contributed by atoms with Gasteiger partial charge < -0.3 is 16.4 Å². The maximum absolute atomic E-state index is 12.4. The van der Waals surface area contributed by atoms with Gasteiger partial charge in [-0.3, -0.25) is 4.79 Å². The number of carbonyl (C=O) groups excluding carboxylic acids is 1. The van der Waals surface area contributed by atoms with Crippen LogP contribution in [0.25, 0.3) is 0 Å². The summed E-state index contributed by atoms with van der Waals surface area (Å²) in [5, 5.41) is 7.86. The van der Waals surface area contributed by atoms with Crippen LogP contribution < -0.4 is 16.4 Å². The van der Waals surface area contributed by atoms with Crippen molar-refractivity contribution in [3.63, 3.8) is 0 Å². The second-order valence-corrected chi connectivity index (χ2v) is 7.98. The predicted molar refractivity (Wildman–Crippen MR) is 90.2 cm³/mol. The van der Waals surface area contributed by atoms with Gasteiger partial charge in [0.2, 0.25) is 0 Å². The maximum atomic E-state index is 12.4. The number of thioether (sulfide) groups is 1. The highest BCUT2D eigenvalue weighted by Gasteiger charge is 2.26. The third-order valence-electron chi connectivity index (χ3n) is 4.06. The van der Waals surface area contributed by atoms with E-state index in [-0.39, 0.29) is 11.9 Å². The summed E-state index contributed by atoms with van der Waals surface area (Å²) in [4.78, 5) is 17.2. The van der Waals surface area contributed by atoms with Crippen molar-refractivity contribution >= 4 is 40.0 Å². The van der Waals surface area contributed by atoms with E-state index in [1.54, 1.807) is 0 Å². The smallest absolute Gasteiger partial charge is 0.265 e. The van der Waals surface area contributed by atoms with Crippen LogP contribution in [-0.4, -0.2) is 34.5 Å². The zero-order valence-corrected chi connectivity index (χ0v) is 13.9. The zero-order valence-electron chi connectivity index (χ0n) is 12.2. The number of carbonyl (C=O) groups is 1. The summed E-state index contributed by atoms with van der Waals surface area (Å²) < 4.78 is 0. The van der Waals surface area contributed by atoms with Crippen molar-refractivity contribution in [2.75, 3.05) is 17.3 Å². The lowest BCUT2D eigenvalue weighted by molar-refractivity contribution is 0.0933. The standard InChI is InChI=1S/C14H22N4OS2/c1-20-10-4-2-3-9(7-10)16-13(19)11-12(15)18-14(21-11)17-8-5-6-8/h8-10H,2-7,15H2,1H3,(H,16,19)(H,17,18). The molecule has 0 spiro atoms. The summed E-state index contributed by atoms with van der Waals surface area (Å²) in [7, 11) is 0. The van der Waals surface area contributed by atoms with Gasteiger partial charge in [-0.1, -0.05) is 17.8 Å². The Hall–Kier alpha value is -0.950. The minimum absolute atomic E-state index is 0.0689. The Bertz CT molecular complexity index is 515. The number of anilines is 2. The van der Waals surface area contributed by atoms with E-state index < -0.39 is 0 Å². The Morgan fingerprint density at radius 3 is 2.86 bits per heavy atom. The van der Waals surface area contributed by atoms with Crippen LogP contribution in [0.15, 0.2) is 0 Å². The number of thiazole rings is 1. The van der Waals surface area contributed by atoms with Crippen LogP contribution in [0.3, 0.4) is 0 Å². The molecule has 21 heavy (non-hydrogen) atoms. The second kappa shape index (κ2) is 6.44. The fourth-order valence-corrected chi connectivity index (χ4v) is 4.39. The first-order chi connectivity index (χ1) is 10.2. The third-order valence-corrected chi connectivity index (χ3v) is 6.16. The van der Waals surface area contributed by atoms with Crippen molar-refractivity contribution in [2.45, 2.75) is 55.9 Å². The lowest BCUT2D eigenvalue weighted by Crippen LogP contribution is -2.39. The number of hydrogen-bond donors (Lipinski definition) is 3. The molecule has 2 aliphatic rings. The molecule has 4 N–H and O–H groups in total. The lowest BCUT2D eigenvalue weighted by Gasteiger charge is -2.28. The second-order valence-electron chi connectivity index (χ2n) is 5.85. The predicted octanol–water partition coefficient (Wildman–Crippen LogP) is 2.70. The van der Waals surface area contributed by atoms with Crippen LogP contribution in [0.2, 0.25) is 0 Å². The molecule has 2 saturated carbocycles. The number of hydrogen-bond acceptors (Lipinski definition) is 6. The minimum Gasteiger partial charge on any atom is -0.382 e. The van der Waals surface area contributed by atoms with E-state index in [1.165, 1.54) is 37.0 Å². The van der Waals surface area contributed by atoms with Crippen molar-refractivity contribution in [3.8, 4) is 0 Å². The number of nitrogens with zero attached hydrogens (tertiary/aromatic N) is 1. The molecule has 1 heterocycles. The Kier molecular flexibility index (Phi) is 4.59. The van der Waals surface area contributed by atoms with Gasteiger partial charge in [0.25, 0.3) is 5.91 Å². The molecule has 1 aromatic heterocycles. The molecule has 0 aromatic carbocycles. The molecule has 2 atom stereocenters. The van der Waals surface area contributed by atoms with E-state index in [1.807, 2.05) is 11.8 Å². The first-order valence-corrected chi connectivity index (χ1v) is 9.62. The molecule has 116 valence electrons. The summed E-state index contributed by atoms with van der Waals surface area (Å²) in [5.74, 6) is 0.276. The van der Waals surface area contributed by atoms with Gasteiger partial charge in [-0.2, -0.15) is 11.8 Å². The minimum atomic E-state index is -0.0689. The highest BCUT2D eigenvalue weighted by Crippen LogP contribution is 2.31. The molecule has 1 aromatic rings. The van der Waals surface area contributed by atoms with E-state index in [0.29, 0.717) is 22.0 Å².